The topological polar surface area (TPSA) is 37.3 Å². The zero-order valence-corrected chi connectivity index (χ0v) is 9.85. The molecule has 1 aromatic carbocycles. The second-order valence-corrected chi connectivity index (χ2v) is 5.03. The fourth-order valence-corrected chi connectivity index (χ4v) is 2.72. The molecule has 16 heavy (non-hydrogen) atoms. The molecule has 0 aromatic heterocycles. The van der Waals surface area contributed by atoms with Crippen LogP contribution < -0.4 is 0 Å². The molecule has 2 rings (SSSR count). The molecule has 0 heterocycles. The van der Waals surface area contributed by atoms with Crippen LogP contribution in [0.15, 0.2) is 35.2 Å². The van der Waals surface area contributed by atoms with Crippen molar-refractivity contribution in [1.29, 1.82) is 0 Å². The Morgan fingerprint density at radius 1 is 1.38 bits per heavy atom. The van der Waals surface area contributed by atoms with Gasteiger partial charge in [0.2, 0.25) is 0 Å². The Bertz CT molecular complexity index is 438. The molecule has 84 valence electrons. The Balaban J connectivity index is 2.00. The van der Waals surface area contributed by atoms with Crippen molar-refractivity contribution < 1.29 is 9.90 Å². The first-order chi connectivity index (χ1) is 7.66. The standard InChI is InChI=1S/C13H14O2S/c1-9(13(14)15)8-16-12-6-5-10-3-2-4-11(10)7-12/h5-7H,1-4,8H2,(H,14,15). The minimum absolute atomic E-state index is 0.255. The molecule has 3 heteroatoms. The summed E-state index contributed by atoms with van der Waals surface area (Å²) in [5, 5.41) is 8.70. The normalized spacial score (nSPS) is 13.5. The minimum Gasteiger partial charge on any atom is -0.478 e. The summed E-state index contributed by atoms with van der Waals surface area (Å²) in [6, 6.07) is 6.42. The number of fused-ring (bicyclic) bond motifs is 1. The van der Waals surface area contributed by atoms with E-state index in [-0.39, 0.29) is 5.57 Å². The maximum absolute atomic E-state index is 10.6. The fraction of sp³-hybridized carbons (Fsp3) is 0.308. The van der Waals surface area contributed by atoms with Gasteiger partial charge in [0.05, 0.1) is 0 Å². The van der Waals surface area contributed by atoms with Crippen LogP contribution in [-0.4, -0.2) is 16.8 Å². The Kier molecular flexibility index (Phi) is 3.34. The highest BCUT2D eigenvalue weighted by Crippen LogP contribution is 2.28. The monoisotopic (exact) mass is 234 g/mol. The van der Waals surface area contributed by atoms with Crippen LogP contribution in [0.25, 0.3) is 0 Å². The van der Waals surface area contributed by atoms with Gasteiger partial charge in [-0.3, -0.25) is 0 Å². The lowest BCUT2D eigenvalue weighted by Gasteiger charge is -2.04. The molecule has 0 saturated heterocycles. The van der Waals surface area contributed by atoms with E-state index in [1.165, 1.54) is 24.0 Å². The van der Waals surface area contributed by atoms with E-state index in [9.17, 15) is 4.79 Å². The van der Waals surface area contributed by atoms with Gasteiger partial charge in [-0.05, 0) is 42.5 Å². The van der Waals surface area contributed by atoms with Crippen molar-refractivity contribution in [3.8, 4) is 0 Å². The van der Waals surface area contributed by atoms with Gasteiger partial charge in [-0.25, -0.2) is 4.79 Å². The Morgan fingerprint density at radius 2 is 2.12 bits per heavy atom. The van der Waals surface area contributed by atoms with Crippen molar-refractivity contribution in [3.05, 3.63) is 41.5 Å². The summed E-state index contributed by atoms with van der Waals surface area (Å²) in [5.41, 5.74) is 3.12. The number of hydrogen-bond donors (Lipinski definition) is 1. The SMILES string of the molecule is C=C(CSc1ccc2c(c1)CCC2)C(=O)O. The van der Waals surface area contributed by atoms with Gasteiger partial charge >= 0.3 is 5.97 Å². The average Bonchev–Trinajstić information content (AvgIpc) is 2.72. The molecular formula is C13H14O2S. The van der Waals surface area contributed by atoms with Gasteiger partial charge in [0, 0.05) is 16.2 Å². The summed E-state index contributed by atoms with van der Waals surface area (Å²) in [7, 11) is 0. The zero-order chi connectivity index (χ0) is 11.5. The first-order valence-electron chi connectivity index (χ1n) is 5.32. The Morgan fingerprint density at radius 3 is 2.88 bits per heavy atom. The summed E-state index contributed by atoms with van der Waals surface area (Å²) >= 11 is 1.54. The summed E-state index contributed by atoms with van der Waals surface area (Å²) in [6.07, 6.45) is 3.58. The predicted octanol–water partition coefficient (Wildman–Crippen LogP) is 2.91. The third-order valence-corrected chi connectivity index (χ3v) is 3.87. The van der Waals surface area contributed by atoms with Crippen LogP contribution in [-0.2, 0) is 17.6 Å². The third-order valence-electron chi connectivity index (χ3n) is 2.79. The lowest BCUT2D eigenvalue weighted by atomic mass is 10.1. The highest BCUT2D eigenvalue weighted by Gasteiger charge is 2.11. The summed E-state index contributed by atoms with van der Waals surface area (Å²) < 4.78 is 0. The van der Waals surface area contributed by atoms with Crippen LogP contribution in [0.3, 0.4) is 0 Å². The quantitative estimate of drug-likeness (QED) is 0.643. The number of aryl methyl sites for hydroxylation is 2. The van der Waals surface area contributed by atoms with E-state index in [2.05, 4.69) is 24.8 Å². The van der Waals surface area contributed by atoms with Crippen LogP contribution >= 0.6 is 11.8 Å². The van der Waals surface area contributed by atoms with Crippen molar-refractivity contribution in [1.82, 2.24) is 0 Å². The summed E-state index contributed by atoms with van der Waals surface area (Å²) in [6.45, 7) is 3.52. The second kappa shape index (κ2) is 4.74. The molecule has 0 unspecified atom stereocenters. The highest BCUT2D eigenvalue weighted by atomic mass is 32.2. The van der Waals surface area contributed by atoms with Gasteiger partial charge < -0.3 is 5.11 Å². The molecule has 0 spiro atoms. The van der Waals surface area contributed by atoms with E-state index >= 15 is 0 Å². The van der Waals surface area contributed by atoms with Gasteiger partial charge in [-0.15, -0.1) is 11.8 Å². The first kappa shape index (κ1) is 11.3. The number of benzene rings is 1. The molecule has 0 fully saturated rings. The maximum Gasteiger partial charge on any atom is 0.331 e. The molecule has 0 aliphatic heterocycles. The van der Waals surface area contributed by atoms with E-state index in [0.29, 0.717) is 5.75 Å². The number of aliphatic carboxylic acids is 1. The van der Waals surface area contributed by atoms with Gasteiger partial charge in [-0.1, -0.05) is 12.6 Å². The Labute approximate surface area is 99.4 Å². The van der Waals surface area contributed by atoms with Gasteiger partial charge in [-0.2, -0.15) is 0 Å². The maximum atomic E-state index is 10.6. The molecule has 2 nitrogen and oxygen atoms in total. The molecule has 0 atom stereocenters. The fourth-order valence-electron chi connectivity index (χ4n) is 1.87. The molecule has 0 radical (unpaired) electrons. The number of thioether (sulfide) groups is 1. The lowest BCUT2D eigenvalue weighted by Crippen LogP contribution is -2.00. The first-order valence-corrected chi connectivity index (χ1v) is 6.31. The number of carbonyl (C=O) groups is 1. The molecular weight excluding hydrogens is 220 g/mol. The smallest absolute Gasteiger partial charge is 0.331 e. The van der Waals surface area contributed by atoms with Crippen LogP contribution in [0.4, 0.5) is 0 Å². The van der Waals surface area contributed by atoms with Gasteiger partial charge in [0.15, 0.2) is 0 Å². The molecule has 0 saturated carbocycles. The van der Waals surface area contributed by atoms with Crippen LogP contribution in [0, 0.1) is 0 Å². The average molecular weight is 234 g/mol. The number of hydrogen-bond acceptors (Lipinski definition) is 2. The van der Waals surface area contributed by atoms with Crippen LogP contribution in [0.2, 0.25) is 0 Å². The number of carboxylic acid groups (broad SMARTS) is 1. The molecule has 1 aliphatic carbocycles. The van der Waals surface area contributed by atoms with Gasteiger partial charge in [0.1, 0.15) is 0 Å². The van der Waals surface area contributed by atoms with E-state index in [4.69, 9.17) is 5.11 Å². The highest BCUT2D eigenvalue weighted by molar-refractivity contribution is 7.99. The number of rotatable bonds is 4. The van der Waals surface area contributed by atoms with Crippen molar-refractivity contribution in [3.63, 3.8) is 0 Å². The van der Waals surface area contributed by atoms with E-state index in [0.717, 1.165) is 11.3 Å². The summed E-state index contributed by atoms with van der Waals surface area (Å²) in [4.78, 5) is 11.7. The van der Waals surface area contributed by atoms with Gasteiger partial charge in [0.25, 0.3) is 0 Å². The molecule has 1 aromatic rings. The zero-order valence-electron chi connectivity index (χ0n) is 9.03. The van der Waals surface area contributed by atoms with Crippen molar-refractivity contribution in [2.45, 2.75) is 24.2 Å². The van der Waals surface area contributed by atoms with Crippen molar-refractivity contribution in [2.75, 3.05) is 5.75 Å². The lowest BCUT2D eigenvalue weighted by molar-refractivity contribution is -0.132. The molecule has 1 aliphatic rings. The van der Waals surface area contributed by atoms with E-state index in [1.54, 1.807) is 11.8 Å². The predicted molar refractivity (Wildman–Crippen MR) is 66.0 cm³/mol. The van der Waals surface area contributed by atoms with E-state index in [1.807, 2.05) is 0 Å². The number of carboxylic acids is 1. The second-order valence-electron chi connectivity index (χ2n) is 3.98. The third kappa shape index (κ3) is 2.47. The van der Waals surface area contributed by atoms with E-state index < -0.39 is 5.97 Å². The largest absolute Gasteiger partial charge is 0.478 e. The van der Waals surface area contributed by atoms with Crippen molar-refractivity contribution in [2.24, 2.45) is 0 Å². The van der Waals surface area contributed by atoms with Crippen LogP contribution in [0.1, 0.15) is 17.5 Å². The molecule has 0 bridgehead atoms. The minimum atomic E-state index is -0.909. The molecule has 0 amide bonds. The van der Waals surface area contributed by atoms with Crippen LogP contribution in [0.5, 0.6) is 0 Å². The Hall–Kier alpha value is -1.22. The molecule has 1 N–H and O–H groups in total. The summed E-state index contributed by atoms with van der Waals surface area (Å²) in [5.74, 6) is -0.456. The van der Waals surface area contributed by atoms with Crippen molar-refractivity contribution >= 4 is 17.7 Å².